The normalized spacial score (nSPS) is 21.0. The van der Waals surface area contributed by atoms with Gasteiger partial charge in [0.25, 0.3) is 11.8 Å². The number of nitrogens with zero attached hydrogens (tertiary/aromatic N) is 1. The molecule has 8 nitrogen and oxygen atoms in total. The zero-order chi connectivity index (χ0) is 24.5. The lowest BCUT2D eigenvalue weighted by Crippen LogP contribution is -2.42. The lowest BCUT2D eigenvalue weighted by atomic mass is 9.94. The number of hydrogen-bond donors (Lipinski definition) is 2. The summed E-state index contributed by atoms with van der Waals surface area (Å²) in [7, 11) is -2.42. The van der Waals surface area contributed by atoms with Crippen LogP contribution in [0.3, 0.4) is 0 Å². The summed E-state index contributed by atoms with van der Waals surface area (Å²) < 4.78 is 33.7. The number of amides is 2. The molecule has 2 aromatic rings. The molecule has 2 unspecified atom stereocenters. The Balaban J connectivity index is 1.52. The smallest absolute Gasteiger partial charge is 0.255 e. The fourth-order valence-electron chi connectivity index (χ4n) is 4.37. The fourth-order valence-corrected chi connectivity index (χ4v) is 6.23. The van der Waals surface area contributed by atoms with Crippen molar-refractivity contribution < 1.29 is 22.7 Å². The Hall–Kier alpha value is -2.91. The van der Waals surface area contributed by atoms with E-state index in [1.165, 1.54) is 29.6 Å². The zero-order valence-corrected chi connectivity index (χ0v) is 20.5. The Bertz CT molecular complexity index is 1170. The molecule has 1 aliphatic carbocycles. The minimum atomic E-state index is -3.84. The van der Waals surface area contributed by atoms with Crippen LogP contribution in [0.4, 0.5) is 5.69 Å². The molecule has 0 aromatic heterocycles. The topological polar surface area (TPSA) is 105 Å². The summed E-state index contributed by atoms with van der Waals surface area (Å²) in [5.74, 6) is 0.130. The van der Waals surface area contributed by atoms with Gasteiger partial charge in [0.1, 0.15) is 10.6 Å². The second kappa shape index (κ2) is 9.76. The molecule has 1 heterocycles. The molecule has 2 aliphatic rings. The molecule has 182 valence electrons. The number of ether oxygens (including phenoxy) is 1. The maximum atomic E-state index is 13.4. The lowest BCUT2D eigenvalue weighted by Gasteiger charge is -2.34. The van der Waals surface area contributed by atoms with Crippen molar-refractivity contribution in [1.82, 2.24) is 9.62 Å². The second-order valence-electron chi connectivity index (χ2n) is 9.41. The van der Waals surface area contributed by atoms with Crippen LogP contribution in [0.5, 0.6) is 5.75 Å². The van der Waals surface area contributed by atoms with Crippen molar-refractivity contribution in [3.8, 4) is 5.75 Å². The summed E-state index contributed by atoms with van der Waals surface area (Å²) in [6.45, 7) is 4.96. The minimum absolute atomic E-state index is 0.0176. The fraction of sp³-hybridized carbons (Fsp3) is 0.440. The number of methoxy groups -OCH3 is 1. The molecule has 1 saturated carbocycles. The highest BCUT2D eigenvalue weighted by atomic mass is 32.2. The van der Waals surface area contributed by atoms with Gasteiger partial charge >= 0.3 is 0 Å². The van der Waals surface area contributed by atoms with Gasteiger partial charge in [-0.15, -0.1) is 0 Å². The molecule has 2 atom stereocenters. The highest BCUT2D eigenvalue weighted by Gasteiger charge is 2.34. The van der Waals surface area contributed by atoms with E-state index in [0.29, 0.717) is 24.3 Å². The Morgan fingerprint density at radius 2 is 1.56 bits per heavy atom. The third-order valence-corrected chi connectivity index (χ3v) is 8.05. The van der Waals surface area contributed by atoms with E-state index in [1.807, 2.05) is 13.8 Å². The molecule has 0 bridgehead atoms. The van der Waals surface area contributed by atoms with Gasteiger partial charge in [-0.1, -0.05) is 13.8 Å². The molecule has 2 fully saturated rings. The number of nitrogens with one attached hydrogen (secondary N) is 2. The summed E-state index contributed by atoms with van der Waals surface area (Å²) >= 11 is 0. The van der Waals surface area contributed by atoms with Crippen LogP contribution < -0.4 is 15.4 Å². The van der Waals surface area contributed by atoms with Crippen molar-refractivity contribution in [3.63, 3.8) is 0 Å². The van der Waals surface area contributed by atoms with Crippen molar-refractivity contribution in [2.24, 2.45) is 11.8 Å². The summed E-state index contributed by atoms with van der Waals surface area (Å²) in [5.41, 5.74) is 1.23. The highest BCUT2D eigenvalue weighted by Crippen LogP contribution is 2.32. The van der Waals surface area contributed by atoms with Crippen LogP contribution in [0, 0.1) is 11.8 Å². The SMILES string of the molecule is COc1ccc(C(=O)Nc2ccc(C(=O)NC3CC3)cc2)cc1S(=O)(=O)N1CC(C)CC(C)C1. The van der Waals surface area contributed by atoms with E-state index in [2.05, 4.69) is 10.6 Å². The average Bonchev–Trinajstić information content (AvgIpc) is 3.62. The van der Waals surface area contributed by atoms with E-state index < -0.39 is 15.9 Å². The molecular weight excluding hydrogens is 454 g/mol. The number of anilines is 1. The molecule has 4 rings (SSSR count). The number of sulfonamides is 1. The number of hydrogen-bond acceptors (Lipinski definition) is 5. The quantitative estimate of drug-likeness (QED) is 0.625. The predicted molar refractivity (Wildman–Crippen MR) is 130 cm³/mol. The first kappa shape index (κ1) is 24.2. The van der Waals surface area contributed by atoms with E-state index in [4.69, 9.17) is 4.74 Å². The molecule has 0 radical (unpaired) electrons. The first-order chi connectivity index (χ1) is 16.2. The Morgan fingerprint density at radius 3 is 2.15 bits per heavy atom. The van der Waals surface area contributed by atoms with Gasteiger partial charge in [0.05, 0.1) is 7.11 Å². The van der Waals surface area contributed by atoms with Crippen LogP contribution in [0.25, 0.3) is 0 Å². The Kier molecular flexibility index (Phi) is 6.95. The largest absolute Gasteiger partial charge is 0.495 e. The van der Waals surface area contributed by atoms with E-state index in [1.54, 1.807) is 24.3 Å². The Morgan fingerprint density at radius 1 is 0.941 bits per heavy atom. The third-order valence-electron chi connectivity index (χ3n) is 6.20. The van der Waals surface area contributed by atoms with Crippen LogP contribution in [0.2, 0.25) is 0 Å². The first-order valence-corrected chi connectivity index (χ1v) is 13.0. The molecule has 0 spiro atoms. The van der Waals surface area contributed by atoms with Gasteiger partial charge in [-0.05, 0) is 73.6 Å². The van der Waals surface area contributed by atoms with Crippen LogP contribution in [0.1, 0.15) is 53.8 Å². The summed E-state index contributed by atoms with van der Waals surface area (Å²) in [6.07, 6.45) is 3.00. The van der Waals surface area contributed by atoms with E-state index in [0.717, 1.165) is 19.3 Å². The van der Waals surface area contributed by atoms with E-state index >= 15 is 0 Å². The molecular formula is C25H31N3O5S. The Labute approximate surface area is 200 Å². The monoisotopic (exact) mass is 485 g/mol. The molecule has 2 amide bonds. The zero-order valence-electron chi connectivity index (χ0n) is 19.7. The maximum Gasteiger partial charge on any atom is 0.255 e. The van der Waals surface area contributed by atoms with Crippen LogP contribution >= 0.6 is 0 Å². The van der Waals surface area contributed by atoms with Gasteiger partial charge in [-0.2, -0.15) is 4.31 Å². The average molecular weight is 486 g/mol. The van der Waals surface area contributed by atoms with Gasteiger partial charge in [0, 0.05) is 35.9 Å². The summed E-state index contributed by atoms with van der Waals surface area (Å²) in [4.78, 5) is 25.0. The first-order valence-electron chi connectivity index (χ1n) is 11.6. The predicted octanol–water partition coefficient (Wildman–Crippen LogP) is 3.51. The van der Waals surface area contributed by atoms with Gasteiger partial charge in [-0.3, -0.25) is 9.59 Å². The highest BCUT2D eigenvalue weighted by molar-refractivity contribution is 7.89. The number of rotatable bonds is 7. The summed E-state index contributed by atoms with van der Waals surface area (Å²) in [5, 5.41) is 5.69. The van der Waals surface area contributed by atoms with Gasteiger partial charge in [-0.25, -0.2) is 8.42 Å². The minimum Gasteiger partial charge on any atom is -0.495 e. The van der Waals surface area contributed by atoms with Crippen molar-refractivity contribution in [1.29, 1.82) is 0 Å². The number of benzene rings is 2. The third kappa shape index (κ3) is 5.42. The van der Waals surface area contributed by atoms with Crippen molar-refractivity contribution in [2.45, 2.75) is 44.0 Å². The van der Waals surface area contributed by atoms with Crippen molar-refractivity contribution in [3.05, 3.63) is 53.6 Å². The molecule has 1 aliphatic heterocycles. The van der Waals surface area contributed by atoms with Crippen LogP contribution in [-0.4, -0.2) is 50.8 Å². The van der Waals surface area contributed by atoms with Gasteiger partial charge < -0.3 is 15.4 Å². The number of carbonyl (C=O) groups excluding carboxylic acids is 2. The molecule has 1 saturated heterocycles. The van der Waals surface area contributed by atoms with Gasteiger partial charge in [0.15, 0.2) is 0 Å². The van der Waals surface area contributed by atoms with Crippen LogP contribution in [0.15, 0.2) is 47.4 Å². The van der Waals surface area contributed by atoms with Gasteiger partial charge in [0.2, 0.25) is 10.0 Å². The van der Waals surface area contributed by atoms with E-state index in [-0.39, 0.29) is 40.0 Å². The number of carbonyl (C=O) groups is 2. The molecule has 2 aromatic carbocycles. The number of piperidine rings is 1. The molecule has 34 heavy (non-hydrogen) atoms. The maximum absolute atomic E-state index is 13.4. The van der Waals surface area contributed by atoms with Crippen LogP contribution in [-0.2, 0) is 10.0 Å². The standard InChI is InChI=1S/C25H31N3O5S/c1-16-12-17(2)15-28(14-16)34(31,32)23-13-19(6-11-22(23)33-3)25(30)27-20-7-4-18(5-8-20)24(29)26-21-9-10-21/h4-8,11,13,16-17,21H,9-10,12,14-15H2,1-3H3,(H,26,29)(H,27,30). The van der Waals surface area contributed by atoms with Crippen molar-refractivity contribution in [2.75, 3.05) is 25.5 Å². The van der Waals surface area contributed by atoms with Crippen molar-refractivity contribution >= 4 is 27.5 Å². The van der Waals surface area contributed by atoms with E-state index in [9.17, 15) is 18.0 Å². The summed E-state index contributed by atoms with van der Waals surface area (Å²) in [6, 6.07) is 11.3. The second-order valence-corrected chi connectivity index (χ2v) is 11.3. The molecule has 2 N–H and O–H groups in total. The lowest BCUT2D eigenvalue weighted by molar-refractivity contribution is 0.0950. The molecule has 9 heteroatoms.